The number of aliphatic hydroxyl groups is 2. The molecule has 1 fully saturated rings. The van der Waals surface area contributed by atoms with Crippen molar-refractivity contribution in [1.29, 1.82) is 0 Å². The summed E-state index contributed by atoms with van der Waals surface area (Å²) in [5, 5.41) is 23.2. The molecule has 1 aliphatic rings. The molecule has 4 nitrogen and oxygen atoms in total. The van der Waals surface area contributed by atoms with Gasteiger partial charge in [-0.05, 0) is 25.3 Å². The molecule has 0 heterocycles. The average molecular weight is 291 g/mol. The van der Waals surface area contributed by atoms with Crippen LogP contribution in [0.5, 0.6) is 0 Å². The first-order valence-corrected chi connectivity index (χ1v) is 7.72. The van der Waals surface area contributed by atoms with Gasteiger partial charge in [0, 0.05) is 6.42 Å². The van der Waals surface area contributed by atoms with Crippen molar-refractivity contribution >= 4 is 5.91 Å². The lowest BCUT2D eigenvalue weighted by Gasteiger charge is -2.25. The van der Waals surface area contributed by atoms with Gasteiger partial charge in [0.1, 0.15) is 0 Å². The first-order chi connectivity index (χ1) is 9.98. The summed E-state index contributed by atoms with van der Waals surface area (Å²) in [5.41, 5.74) is 0.203. The Hall–Kier alpha value is -1.39. The van der Waals surface area contributed by atoms with Crippen LogP contribution < -0.4 is 5.32 Å². The van der Waals surface area contributed by atoms with E-state index in [2.05, 4.69) is 5.32 Å². The molecule has 1 saturated carbocycles. The molecular weight excluding hydrogens is 266 g/mol. The molecule has 3 N–H and O–H groups in total. The molecule has 0 saturated heterocycles. The van der Waals surface area contributed by atoms with E-state index >= 15 is 0 Å². The van der Waals surface area contributed by atoms with E-state index in [4.69, 9.17) is 0 Å². The first-order valence-electron chi connectivity index (χ1n) is 7.72. The molecule has 1 aliphatic carbocycles. The van der Waals surface area contributed by atoms with Gasteiger partial charge in [-0.25, -0.2) is 0 Å². The van der Waals surface area contributed by atoms with Crippen molar-refractivity contribution in [3.8, 4) is 0 Å². The average Bonchev–Trinajstić information content (AvgIpc) is 2.85. The summed E-state index contributed by atoms with van der Waals surface area (Å²) >= 11 is 0. The second-order valence-corrected chi connectivity index (χ2v) is 6.22. The third kappa shape index (κ3) is 4.83. The zero-order chi connectivity index (χ0) is 15.3. The Labute approximate surface area is 126 Å². The van der Waals surface area contributed by atoms with Gasteiger partial charge in [0.25, 0.3) is 0 Å². The molecule has 1 amide bonds. The Bertz CT molecular complexity index is 454. The van der Waals surface area contributed by atoms with Gasteiger partial charge in [-0.15, -0.1) is 0 Å². The van der Waals surface area contributed by atoms with E-state index in [9.17, 15) is 15.0 Å². The van der Waals surface area contributed by atoms with Crippen LogP contribution in [0, 0.1) is 0 Å². The second-order valence-electron chi connectivity index (χ2n) is 6.22. The van der Waals surface area contributed by atoms with E-state index in [1.54, 1.807) is 6.92 Å². The molecular formula is C17H25NO3. The fourth-order valence-corrected chi connectivity index (χ4v) is 2.94. The molecule has 2 rings (SSSR count). The van der Waals surface area contributed by atoms with Crippen LogP contribution in [0.25, 0.3) is 0 Å². The fraction of sp³-hybridized carbons (Fsp3) is 0.588. The molecule has 0 spiro atoms. The van der Waals surface area contributed by atoms with Crippen LogP contribution in [-0.4, -0.2) is 33.9 Å². The number of carbonyl (C=O) groups excluding carboxylic acids is 1. The number of benzene rings is 1. The van der Waals surface area contributed by atoms with Gasteiger partial charge >= 0.3 is 0 Å². The summed E-state index contributed by atoms with van der Waals surface area (Å²) in [4.78, 5) is 12.0. The zero-order valence-electron chi connectivity index (χ0n) is 12.6. The monoisotopic (exact) mass is 291 g/mol. The van der Waals surface area contributed by atoms with Crippen LogP contribution in [0.4, 0.5) is 0 Å². The summed E-state index contributed by atoms with van der Waals surface area (Å²) in [6.45, 7) is 1.80. The SMILES string of the molecule is CC(NC(=O)CC1(O)CCCC1)C(O)Cc1ccccc1. The normalized spacial score (nSPS) is 20.0. The van der Waals surface area contributed by atoms with Gasteiger partial charge in [0.15, 0.2) is 0 Å². The van der Waals surface area contributed by atoms with Crippen molar-refractivity contribution < 1.29 is 15.0 Å². The molecule has 21 heavy (non-hydrogen) atoms. The smallest absolute Gasteiger partial charge is 0.223 e. The number of hydrogen-bond donors (Lipinski definition) is 3. The number of carbonyl (C=O) groups is 1. The van der Waals surface area contributed by atoms with Crippen molar-refractivity contribution in [2.24, 2.45) is 0 Å². The van der Waals surface area contributed by atoms with Crippen molar-refractivity contribution in [2.45, 2.75) is 63.2 Å². The number of nitrogens with one attached hydrogen (secondary N) is 1. The van der Waals surface area contributed by atoms with Crippen molar-refractivity contribution in [1.82, 2.24) is 5.32 Å². The lowest BCUT2D eigenvalue weighted by Crippen LogP contribution is -2.44. The van der Waals surface area contributed by atoms with Crippen molar-refractivity contribution in [3.63, 3.8) is 0 Å². The predicted octanol–water partition coefficient (Wildman–Crippen LogP) is 1.79. The Morgan fingerprint density at radius 2 is 1.90 bits per heavy atom. The minimum absolute atomic E-state index is 0.134. The van der Waals surface area contributed by atoms with Gasteiger partial charge < -0.3 is 15.5 Å². The van der Waals surface area contributed by atoms with Gasteiger partial charge in [0.2, 0.25) is 5.91 Å². The lowest BCUT2D eigenvalue weighted by molar-refractivity contribution is -0.127. The van der Waals surface area contributed by atoms with Gasteiger partial charge in [-0.1, -0.05) is 43.2 Å². The number of amides is 1. The minimum Gasteiger partial charge on any atom is -0.391 e. The van der Waals surface area contributed by atoms with Crippen LogP contribution in [0.2, 0.25) is 0 Å². The Kier molecular flexibility index (Phi) is 5.37. The highest BCUT2D eigenvalue weighted by Gasteiger charge is 2.34. The summed E-state index contributed by atoms with van der Waals surface area (Å²) in [6.07, 6.45) is 3.37. The fourth-order valence-electron chi connectivity index (χ4n) is 2.94. The van der Waals surface area contributed by atoms with E-state index in [1.165, 1.54) is 0 Å². The van der Waals surface area contributed by atoms with E-state index in [0.29, 0.717) is 19.3 Å². The first kappa shape index (κ1) is 16.0. The van der Waals surface area contributed by atoms with E-state index < -0.39 is 11.7 Å². The van der Waals surface area contributed by atoms with Crippen molar-refractivity contribution in [2.75, 3.05) is 0 Å². The molecule has 0 bridgehead atoms. The van der Waals surface area contributed by atoms with Crippen LogP contribution in [0.15, 0.2) is 30.3 Å². The molecule has 0 aromatic heterocycles. The Balaban J connectivity index is 1.80. The summed E-state index contributed by atoms with van der Waals surface area (Å²) in [5.74, 6) is -0.181. The second kappa shape index (κ2) is 7.05. The van der Waals surface area contributed by atoms with E-state index in [-0.39, 0.29) is 18.4 Å². The van der Waals surface area contributed by atoms with E-state index in [0.717, 1.165) is 18.4 Å². The zero-order valence-corrected chi connectivity index (χ0v) is 12.6. The Morgan fingerprint density at radius 3 is 2.52 bits per heavy atom. The minimum atomic E-state index is -0.839. The molecule has 116 valence electrons. The van der Waals surface area contributed by atoms with Crippen LogP contribution >= 0.6 is 0 Å². The lowest BCUT2D eigenvalue weighted by atomic mass is 9.97. The topological polar surface area (TPSA) is 69.6 Å². The molecule has 2 atom stereocenters. The Morgan fingerprint density at radius 1 is 1.29 bits per heavy atom. The molecule has 1 aromatic carbocycles. The molecule has 2 unspecified atom stereocenters. The quantitative estimate of drug-likeness (QED) is 0.748. The molecule has 0 aliphatic heterocycles. The number of hydrogen-bond acceptors (Lipinski definition) is 3. The maximum absolute atomic E-state index is 12.0. The number of rotatable bonds is 6. The van der Waals surface area contributed by atoms with Gasteiger partial charge in [0.05, 0.1) is 24.2 Å². The predicted molar refractivity (Wildman–Crippen MR) is 81.8 cm³/mol. The van der Waals surface area contributed by atoms with E-state index in [1.807, 2.05) is 30.3 Å². The highest BCUT2D eigenvalue weighted by molar-refractivity contribution is 5.77. The summed E-state index contributed by atoms with van der Waals surface area (Å²) in [7, 11) is 0. The standard InChI is InChI=1S/C17H25NO3/c1-13(15(19)11-14-7-3-2-4-8-14)18-16(20)12-17(21)9-5-6-10-17/h2-4,7-8,13,15,19,21H,5-6,9-12H2,1H3,(H,18,20). The summed E-state index contributed by atoms with van der Waals surface area (Å²) < 4.78 is 0. The summed E-state index contributed by atoms with van der Waals surface area (Å²) in [6, 6.07) is 9.38. The van der Waals surface area contributed by atoms with Gasteiger partial charge in [-0.3, -0.25) is 4.79 Å². The maximum Gasteiger partial charge on any atom is 0.223 e. The highest BCUT2D eigenvalue weighted by Crippen LogP contribution is 2.32. The third-order valence-electron chi connectivity index (χ3n) is 4.28. The molecule has 4 heteroatoms. The van der Waals surface area contributed by atoms with Crippen LogP contribution in [0.1, 0.15) is 44.6 Å². The van der Waals surface area contributed by atoms with Crippen LogP contribution in [0.3, 0.4) is 0 Å². The number of aliphatic hydroxyl groups excluding tert-OH is 1. The molecule has 1 aromatic rings. The van der Waals surface area contributed by atoms with Gasteiger partial charge in [-0.2, -0.15) is 0 Å². The maximum atomic E-state index is 12.0. The van der Waals surface area contributed by atoms with Crippen molar-refractivity contribution in [3.05, 3.63) is 35.9 Å². The molecule has 0 radical (unpaired) electrons. The highest BCUT2D eigenvalue weighted by atomic mass is 16.3. The largest absolute Gasteiger partial charge is 0.391 e. The third-order valence-corrected chi connectivity index (χ3v) is 4.28. The van der Waals surface area contributed by atoms with Crippen LogP contribution in [-0.2, 0) is 11.2 Å².